The van der Waals surface area contributed by atoms with Crippen molar-refractivity contribution in [3.63, 3.8) is 0 Å². The second-order valence-corrected chi connectivity index (χ2v) is 5.77. The van der Waals surface area contributed by atoms with E-state index in [1.165, 1.54) is 45.3 Å². The van der Waals surface area contributed by atoms with Gasteiger partial charge in [0.05, 0.1) is 0 Å². The summed E-state index contributed by atoms with van der Waals surface area (Å²) in [4.78, 5) is 2.69. The fourth-order valence-electron chi connectivity index (χ4n) is 2.75. The van der Waals surface area contributed by atoms with Crippen LogP contribution in [0, 0.1) is 5.92 Å². The van der Waals surface area contributed by atoms with Gasteiger partial charge in [0.15, 0.2) is 0 Å². The molecule has 1 rings (SSSR count). The largest absolute Gasteiger partial charge is 0.313 e. The Morgan fingerprint density at radius 3 is 2.69 bits per heavy atom. The molecule has 1 saturated heterocycles. The monoisotopic (exact) mass is 226 g/mol. The number of nitrogens with zero attached hydrogens (tertiary/aromatic N) is 1. The molecule has 2 heteroatoms. The van der Waals surface area contributed by atoms with Crippen LogP contribution in [0.1, 0.15) is 53.4 Å². The van der Waals surface area contributed by atoms with Crippen molar-refractivity contribution in [2.24, 2.45) is 5.92 Å². The summed E-state index contributed by atoms with van der Waals surface area (Å²) in [6, 6.07) is 1.47. The molecule has 0 aromatic rings. The van der Waals surface area contributed by atoms with Gasteiger partial charge in [-0.3, -0.25) is 4.90 Å². The van der Waals surface area contributed by atoms with Gasteiger partial charge < -0.3 is 5.32 Å². The molecule has 2 atom stereocenters. The first kappa shape index (κ1) is 14.0. The summed E-state index contributed by atoms with van der Waals surface area (Å²) in [5, 5.41) is 3.70. The Hall–Kier alpha value is -0.0800. The van der Waals surface area contributed by atoms with E-state index in [1.807, 2.05) is 0 Å². The van der Waals surface area contributed by atoms with Crippen LogP contribution in [0.25, 0.3) is 0 Å². The lowest BCUT2D eigenvalue weighted by Crippen LogP contribution is -2.42. The molecule has 0 amide bonds. The van der Waals surface area contributed by atoms with Crippen molar-refractivity contribution in [3.05, 3.63) is 0 Å². The van der Waals surface area contributed by atoms with E-state index in [1.54, 1.807) is 0 Å². The molecule has 2 nitrogen and oxygen atoms in total. The third-order valence-electron chi connectivity index (χ3n) is 3.60. The topological polar surface area (TPSA) is 15.3 Å². The molecule has 1 aliphatic heterocycles. The standard InChI is InChI=1S/C14H30N2/c1-5-7-13(4)16-9-6-8-15-14(11-16)10-12(2)3/h12-15H,5-11H2,1-4H3. The Balaban J connectivity index is 2.44. The van der Waals surface area contributed by atoms with Crippen molar-refractivity contribution in [1.82, 2.24) is 10.2 Å². The summed E-state index contributed by atoms with van der Waals surface area (Å²) in [5.41, 5.74) is 0. The minimum atomic E-state index is 0.710. The van der Waals surface area contributed by atoms with Crippen LogP contribution >= 0.6 is 0 Å². The zero-order chi connectivity index (χ0) is 12.0. The first-order chi connectivity index (χ1) is 7.63. The number of hydrogen-bond acceptors (Lipinski definition) is 2. The lowest BCUT2D eigenvalue weighted by Gasteiger charge is -2.30. The van der Waals surface area contributed by atoms with Crippen LogP contribution in [0.15, 0.2) is 0 Å². The molecule has 0 radical (unpaired) electrons. The molecule has 0 bridgehead atoms. The van der Waals surface area contributed by atoms with Gasteiger partial charge in [0.1, 0.15) is 0 Å². The molecule has 0 spiro atoms. The fraction of sp³-hybridized carbons (Fsp3) is 1.00. The van der Waals surface area contributed by atoms with Crippen LogP contribution in [0.5, 0.6) is 0 Å². The van der Waals surface area contributed by atoms with Crippen molar-refractivity contribution < 1.29 is 0 Å². The first-order valence-corrected chi connectivity index (χ1v) is 7.11. The van der Waals surface area contributed by atoms with Crippen molar-refractivity contribution >= 4 is 0 Å². The summed E-state index contributed by atoms with van der Waals surface area (Å²) in [7, 11) is 0. The molecular weight excluding hydrogens is 196 g/mol. The number of hydrogen-bond donors (Lipinski definition) is 1. The van der Waals surface area contributed by atoms with E-state index in [9.17, 15) is 0 Å². The van der Waals surface area contributed by atoms with E-state index < -0.39 is 0 Å². The first-order valence-electron chi connectivity index (χ1n) is 7.11. The summed E-state index contributed by atoms with van der Waals surface area (Å²) in [5.74, 6) is 0.805. The molecule has 16 heavy (non-hydrogen) atoms. The third-order valence-corrected chi connectivity index (χ3v) is 3.60. The minimum absolute atomic E-state index is 0.710. The molecule has 1 heterocycles. The van der Waals surface area contributed by atoms with Crippen LogP contribution in [0.2, 0.25) is 0 Å². The van der Waals surface area contributed by atoms with E-state index in [0.29, 0.717) is 6.04 Å². The highest BCUT2D eigenvalue weighted by atomic mass is 15.2. The normalized spacial score (nSPS) is 25.7. The summed E-state index contributed by atoms with van der Waals surface area (Å²) in [6.07, 6.45) is 5.27. The molecule has 1 aliphatic rings. The van der Waals surface area contributed by atoms with E-state index in [0.717, 1.165) is 12.0 Å². The summed E-state index contributed by atoms with van der Waals surface area (Å²) in [6.45, 7) is 13.1. The molecule has 2 unspecified atom stereocenters. The van der Waals surface area contributed by atoms with Gasteiger partial charge >= 0.3 is 0 Å². The highest BCUT2D eigenvalue weighted by molar-refractivity contribution is 4.80. The van der Waals surface area contributed by atoms with Crippen LogP contribution in [0.4, 0.5) is 0 Å². The van der Waals surface area contributed by atoms with Gasteiger partial charge in [0.2, 0.25) is 0 Å². The van der Waals surface area contributed by atoms with Crippen LogP contribution < -0.4 is 5.32 Å². The molecule has 1 fully saturated rings. The maximum Gasteiger partial charge on any atom is 0.0197 e. The SMILES string of the molecule is CCCC(C)N1CCCNC(CC(C)C)C1. The Kier molecular flexibility index (Phi) is 6.37. The highest BCUT2D eigenvalue weighted by Gasteiger charge is 2.21. The Bertz CT molecular complexity index is 180. The molecule has 0 aliphatic carbocycles. The van der Waals surface area contributed by atoms with Gasteiger partial charge in [-0.15, -0.1) is 0 Å². The molecule has 96 valence electrons. The quantitative estimate of drug-likeness (QED) is 0.775. The third kappa shape index (κ3) is 4.84. The Morgan fingerprint density at radius 2 is 2.06 bits per heavy atom. The summed E-state index contributed by atoms with van der Waals surface area (Å²) < 4.78 is 0. The Labute approximate surface area is 102 Å². The number of nitrogens with one attached hydrogen (secondary N) is 1. The molecular formula is C14H30N2. The fourth-order valence-corrected chi connectivity index (χ4v) is 2.75. The van der Waals surface area contributed by atoms with Gasteiger partial charge in [-0.25, -0.2) is 0 Å². The average molecular weight is 226 g/mol. The van der Waals surface area contributed by atoms with E-state index in [4.69, 9.17) is 0 Å². The van der Waals surface area contributed by atoms with Gasteiger partial charge in [0.25, 0.3) is 0 Å². The maximum atomic E-state index is 3.70. The average Bonchev–Trinajstić information content (AvgIpc) is 2.43. The second kappa shape index (κ2) is 7.29. The molecule has 1 N–H and O–H groups in total. The van der Waals surface area contributed by atoms with Gasteiger partial charge in [-0.05, 0) is 45.2 Å². The smallest absolute Gasteiger partial charge is 0.0197 e. The second-order valence-electron chi connectivity index (χ2n) is 5.77. The van der Waals surface area contributed by atoms with Crippen molar-refractivity contribution in [2.45, 2.75) is 65.5 Å². The van der Waals surface area contributed by atoms with E-state index >= 15 is 0 Å². The van der Waals surface area contributed by atoms with E-state index in [-0.39, 0.29) is 0 Å². The lowest BCUT2D eigenvalue weighted by molar-refractivity contribution is 0.188. The van der Waals surface area contributed by atoms with Crippen LogP contribution in [0.3, 0.4) is 0 Å². The Morgan fingerprint density at radius 1 is 1.31 bits per heavy atom. The van der Waals surface area contributed by atoms with Crippen molar-refractivity contribution in [3.8, 4) is 0 Å². The minimum Gasteiger partial charge on any atom is -0.313 e. The zero-order valence-corrected chi connectivity index (χ0v) is 11.6. The molecule has 0 aromatic heterocycles. The molecule has 0 saturated carbocycles. The van der Waals surface area contributed by atoms with Gasteiger partial charge in [-0.2, -0.15) is 0 Å². The predicted molar refractivity (Wildman–Crippen MR) is 71.8 cm³/mol. The van der Waals surface area contributed by atoms with Crippen LogP contribution in [-0.2, 0) is 0 Å². The highest BCUT2D eigenvalue weighted by Crippen LogP contribution is 2.14. The van der Waals surface area contributed by atoms with Gasteiger partial charge in [0, 0.05) is 18.6 Å². The predicted octanol–water partition coefficient (Wildman–Crippen LogP) is 2.89. The lowest BCUT2D eigenvalue weighted by atomic mass is 10.0. The van der Waals surface area contributed by atoms with E-state index in [2.05, 4.69) is 37.9 Å². The number of rotatable bonds is 5. The van der Waals surface area contributed by atoms with Crippen molar-refractivity contribution in [2.75, 3.05) is 19.6 Å². The van der Waals surface area contributed by atoms with Crippen LogP contribution in [-0.4, -0.2) is 36.6 Å². The zero-order valence-electron chi connectivity index (χ0n) is 11.6. The maximum absolute atomic E-state index is 3.70. The summed E-state index contributed by atoms with van der Waals surface area (Å²) >= 11 is 0. The molecule has 0 aromatic carbocycles. The van der Waals surface area contributed by atoms with Crippen molar-refractivity contribution in [1.29, 1.82) is 0 Å². The van der Waals surface area contributed by atoms with Gasteiger partial charge in [-0.1, -0.05) is 27.2 Å².